The van der Waals surface area contributed by atoms with Crippen LogP contribution in [0.3, 0.4) is 0 Å². The molecule has 5 nitrogen and oxygen atoms in total. The molecule has 5 heteroatoms. The van der Waals surface area contributed by atoms with Gasteiger partial charge in [-0.3, -0.25) is 0 Å². The molecule has 5 N–H and O–H groups in total. The molecule has 0 aliphatic carbocycles. The van der Waals surface area contributed by atoms with Gasteiger partial charge in [-0.05, 0) is 6.42 Å². The highest BCUT2D eigenvalue weighted by Gasteiger charge is 1.83. The lowest BCUT2D eigenvalue weighted by Gasteiger charge is -1.90. The summed E-state index contributed by atoms with van der Waals surface area (Å²) in [6.07, 6.45) is -2.03. The van der Waals surface area contributed by atoms with Crippen LogP contribution in [0, 0.1) is 0 Å². The van der Waals surface area contributed by atoms with Crippen LogP contribution in [0.4, 0.5) is 4.79 Å². The van der Waals surface area contributed by atoms with Gasteiger partial charge >= 0.3 is 6.09 Å². The monoisotopic (exact) mass is 137 g/mol. The first-order valence-electron chi connectivity index (χ1n) is 2.35. The number of nitrogens with two attached hydrogens (primary N) is 1. The minimum absolute atomic E-state index is 0.417. The van der Waals surface area contributed by atoms with Gasteiger partial charge in [0.05, 0.1) is 0 Å². The second-order valence-electron chi connectivity index (χ2n) is 1.23. The van der Waals surface area contributed by atoms with E-state index >= 15 is 0 Å². The Morgan fingerprint density at radius 3 is 1.78 bits per heavy atom. The zero-order valence-electron chi connectivity index (χ0n) is 5.11. The number of hydrogen-bond acceptors (Lipinski definition) is 3. The molecule has 0 saturated heterocycles. The second kappa shape index (κ2) is 7.19. The summed E-state index contributed by atoms with van der Waals surface area (Å²) in [7, 11) is 0. The maximum absolute atomic E-state index is 8.78. The van der Waals surface area contributed by atoms with E-state index in [1.807, 2.05) is 0 Å². The zero-order valence-corrected chi connectivity index (χ0v) is 5.11. The number of carbonyl (C=O) groups is 1. The summed E-state index contributed by atoms with van der Waals surface area (Å²) in [5.74, 6) is 0. The average molecular weight is 137 g/mol. The van der Waals surface area contributed by atoms with E-state index < -0.39 is 12.4 Å². The Labute approximate surface area is 52.7 Å². The molecule has 9 heavy (non-hydrogen) atoms. The summed E-state index contributed by atoms with van der Waals surface area (Å²) < 4.78 is 0. The van der Waals surface area contributed by atoms with E-state index in [1.165, 1.54) is 0 Å². The highest BCUT2D eigenvalue weighted by molar-refractivity contribution is 5.61. The van der Waals surface area contributed by atoms with Crippen molar-refractivity contribution in [1.29, 1.82) is 0 Å². The molecule has 0 atom stereocenters. The molecule has 1 amide bonds. The van der Waals surface area contributed by atoms with Gasteiger partial charge in [-0.2, -0.15) is 0 Å². The van der Waals surface area contributed by atoms with Crippen LogP contribution < -0.4 is 5.73 Å². The van der Waals surface area contributed by atoms with E-state index in [-0.39, 0.29) is 0 Å². The molecule has 0 aromatic carbocycles. The summed E-state index contributed by atoms with van der Waals surface area (Å²) in [5.41, 5.74) is 4.03. The van der Waals surface area contributed by atoms with Gasteiger partial charge < -0.3 is 21.1 Å². The van der Waals surface area contributed by atoms with Crippen LogP contribution in [-0.2, 0) is 0 Å². The van der Waals surface area contributed by atoms with Crippen molar-refractivity contribution >= 4 is 6.09 Å². The molecular formula is C4H11NO4. The first-order valence-corrected chi connectivity index (χ1v) is 2.35. The number of rotatable bonds is 1. The number of amides is 1. The zero-order chi connectivity index (χ0) is 7.86. The topological polar surface area (TPSA) is 104 Å². The molecule has 56 valence electrons. The molecule has 0 bridgehead atoms. The molecule has 0 rings (SSSR count). The van der Waals surface area contributed by atoms with Gasteiger partial charge in [0.1, 0.15) is 0 Å². The Balaban J connectivity index is 0. The van der Waals surface area contributed by atoms with Crippen molar-refractivity contribution in [1.82, 2.24) is 0 Å². The van der Waals surface area contributed by atoms with Crippen LogP contribution in [0.15, 0.2) is 0 Å². The number of carboxylic acid groups (broad SMARTS) is 1. The van der Waals surface area contributed by atoms with Gasteiger partial charge in [0.15, 0.2) is 6.29 Å². The van der Waals surface area contributed by atoms with Crippen molar-refractivity contribution in [2.45, 2.75) is 19.6 Å². The molecule has 0 heterocycles. The van der Waals surface area contributed by atoms with E-state index in [2.05, 4.69) is 5.73 Å². The van der Waals surface area contributed by atoms with Gasteiger partial charge in [-0.1, -0.05) is 6.92 Å². The van der Waals surface area contributed by atoms with Crippen LogP contribution in [0.25, 0.3) is 0 Å². The Kier molecular flexibility index (Phi) is 8.83. The Bertz CT molecular complexity index is 69.0. The van der Waals surface area contributed by atoms with Crippen LogP contribution in [0.1, 0.15) is 13.3 Å². The molecule has 0 saturated carbocycles. The molecule has 0 aromatic rings. The molecule has 0 spiro atoms. The quantitative estimate of drug-likeness (QED) is 0.360. The Hall–Kier alpha value is -0.810. The van der Waals surface area contributed by atoms with Crippen molar-refractivity contribution in [2.75, 3.05) is 0 Å². The van der Waals surface area contributed by atoms with Gasteiger partial charge in [0.25, 0.3) is 0 Å². The van der Waals surface area contributed by atoms with E-state index in [0.29, 0.717) is 6.42 Å². The minimum Gasteiger partial charge on any atom is -0.465 e. The molecule has 0 aliphatic rings. The van der Waals surface area contributed by atoms with E-state index in [1.54, 1.807) is 6.92 Å². The summed E-state index contributed by atoms with van der Waals surface area (Å²) in [4.78, 5) is 8.78. The average Bonchev–Trinajstić information content (AvgIpc) is 1.65. The standard InChI is InChI=1S/C3H8O2.CH3NO2/c1-2-3(4)5;2-1(3)4/h3-5H,2H2,1H3;2H2,(H,3,4). The third-order valence-electron chi connectivity index (χ3n) is 0.365. The summed E-state index contributed by atoms with van der Waals surface area (Å²) in [5, 5.41) is 23.0. The maximum Gasteiger partial charge on any atom is 0.402 e. The lowest BCUT2D eigenvalue weighted by Crippen LogP contribution is -2.03. The van der Waals surface area contributed by atoms with E-state index in [4.69, 9.17) is 20.1 Å². The summed E-state index contributed by atoms with van der Waals surface area (Å²) in [6.45, 7) is 1.70. The first kappa shape index (κ1) is 11.0. The third-order valence-corrected chi connectivity index (χ3v) is 0.365. The minimum atomic E-state index is -1.33. The van der Waals surface area contributed by atoms with Crippen molar-refractivity contribution in [3.05, 3.63) is 0 Å². The van der Waals surface area contributed by atoms with Crippen molar-refractivity contribution < 1.29 is 20.1 Å². The fraction of sp³-hybridized carbons (Fsp3) is 0.750. The van der Waals surface area contributed by atoms with Crippen molar-refractivity contribution in [3.63, 3.8) is 0 Å². The molecule has 0 aliphatic heterocycles. The van der Waals surface area contributed by atoms with Crippen LogP contribution in [-0.4, -0.2) is 27.7 Å². The van der Waals surface area contributed by atoms with Crippen molar-refractivity contribution in [3.8, 4) is 0 Å². The van der Waals surface area contributed by atoms with E-state index in [9.17, 15) is 0 Å². The number of hydrogen-bond donors (Lipinski definition) is 4. The lowest BCUT2D eigenvalue weighted by atomic mass is 10.5. The number of aliphatic hydroxyl groups excluding tert-OH is 1. The Morgan fingerprint density at radius 1 is 1.67 bits per heavy atom. The second-order valence-corrected chi connectivity index (χ2v) is 1.23. The molecule has 0 fully saturated rings. The predicted molar refractivity (Wildman–Crippen MR) is 30.7 cm³/mol. The molecule has 0 radical (unpaired) electrons. The lowest BCUT2D eigenvalue weighted by molar-refractivity contribution is -0.0413. The molecule has 0 unspecified atom stereocenters. The summed E-state index contributed by atoms with van der Waals surface area (Å²) >= 11 is 0. The number of primary amides is 1. The predicted octanol–water partition coefficient (Wildman–Crippen LogP) is -0.670. The summed E-state index contributed by atoms with van der Waals surface area (Å²) in [6, 6.07) is 0. The van der Waals surface area contributed by atoms with Crippen molar-refractivity contribution in [2.24, 2.45) is 5.73 Å². The molecular weight excluding hydrogens is 126 g/mol. The fourth-order valence-electron chi connectivity index (χ4n) is 0. The number of aliphatic hydroxyl groups is 2. The third kappa shape index (κ3) is 137. The Morgan fingerprint density at radius 2 is 1.78 bits per heavy atom. The van der Waals surface area contributed by atoms with E-state index in [0.717, 1.165) is 0 Å². The van der Waals surface area contributed by atoms with Gasteiger partial charge in [-0.25, -0.2) is 4.79 Å². The van der Waals surface area contributed by atoms with Gasteiger partial charge in [-0.15, -0.1) is 0 Å². The van der Waals surface area contributed by atoms with Crippen LogP contribution in [0.2, 0.25) is 0 Å². The maximum atomic E-state index is 8.78. The highest BCUT2D eigenvalue weighted by Crippen LogP contribution is 1.77. The fourth-order valence-corrected chi connectivity index (χ4v) is 0. The normalized spacial score (nSPS) is 8.00. The largest absolute Gasteiger partial charge is 0.465 e. The van der Waals surface area contributed by atoms with Gasteiger partial charge in [0, 0.05) is 0 Å². The smallest absolute Gasteiger partial charge is 0.402 e. The van der Waals surface area contributed by atoms with Crippen LogP contribution >= 0.6 is 0 Å². The van der Waals surface area contributed by atoms with Crippen LogP contribution in [0.5, 0.6) is 0 Å². The highest BCUT2D eigenvalue weighted by atomic mass is 16.5. The first-order chi connectivity index (χ1) is 4.00. The van der Waals surface area contributed by atoms with Gasteiger partial charge in [0.2, 0.25) is 0 Å². The SMILES string of the molecule is CCC(O)O.NC(=O)O. The molecule has 0 aromatic heterocycles.